The monoisotopic (exact) mass is 277 g/mol. The van der Waals surface area contributed by atoms with E-state index < -0.39 is 0 Å². The number of hydrogen-bond acceptors (Lipinski definition) is 3. The maximum atomic E-state index is 4.83. The Hall–Kier alpha value is -1.09. The number of anilines is 1. The molecule has 1 rings (SSSR count). The fourth-order valence-corrected chi connectivity index (χ4v) is 2.30. The molecule has 3 heteroatoms. The van der Waals surface area contributed by atoms with Crippen LogP contribution in [0.4, 0.5) is 5.82 Å². The topological polar surface area (TPSA) is 28.2 Å². The molecule has 0 saturated heterocycles. The van der Waals surface area contributed by atoms with Gasteiger partial charge in [0.15, 0.2) is 0 Å². The van der Waals surface area contributed by atoms with Crippen molar-refractivity contribution in [3.8, 4) is 0 Å². The van der Waals surface area contributed by atoms with Crippen LogP contribution < -0.4 is 10.2 Å². The largest absolute Gasteiger partial charge is 0.354 e. The Morgan fingerprint density at radius 1 is 1.15 bits per heavy atom. The molecule has 114 valence electrons. The van der Waals surface area contributed by atoms with Gasteiger partial charge in [-0.05, 0) is 50.4 Å². The molecule has 0 fully saturated rings. The molecule has 0 atom stereocenters. The third-order valence-electron chi connectivity index (χ3n) is 3.35. The van der Waals surface area contributed by atoms with Crippen LogP contribution >= 0.6 is 0 Å². The zero-order chi connectivity index (χ0) is 15.1. The first-order valence-corrected chi connectivity index (χ1v) is 7.95. The van der Waals surface area contributed by atoms with Crippen molar-refractivity contribution >= 4 is 5.82 Å². The van der Waals surface area contributed by atoms with Crippen molar-refractivity contribution in [3.63, 3.8) is 0 Å². The van der Waals surface area contributed by atoms with E-state index in [9.17, 15) is 0 Å². The van der Waals surface area contributed by atoms with Crippen LogP contribution in [0.25, 0.3) is 0 Å². The zero-order valence-corrected chi connectivity index (χ0v) is 14.0. The van der Waals surface area contributed by atoms with Crippen LogP contribution in [-0.2, 0) is 13.0 Å². The van der Waals surface area contributed by atoms with Gasteiger partial charge in [-0.1, -0.05) is 27.7 Å². The summed E-state index contributed by atoms with van der Waals surface area (Å²) in [5.74, 6) is 1.77. The normalized spacial score (nSPS) is 11.4. The number of nitrogens with zero attached hydrogens (tertiary/aromatic N) is 2. The van der Waals surface area contributed by atoms with Crippen LogP contribution in [-0.4, -0.2) is 24.1 Å². The number of pyridine rings is 1. The molecule has 1 aromatic heterocycles. The first-order chi connectivity index (χ1) is 9.47. The summed E-state index contributed by atoms with van der Waals surface area (Å²) < 4.78 is 0. The summed E-state index contributed by atoms with van der Waals surface area (Å²) in [6.07, 6.45) is 0.987. The van der Waals surface area contributed by atoms with Gasteiger partial charge in [0, 0.05) is 24.8 Å². The number of nitrogens with one attached hydrogen (secondary N) is 1. The third kappa shape index (κ3) is 5.12. The Balaban J connectivity index is 3.05. The van der Waals surface area contributed by atoms with E-state index in [2.05, 4.69) is 63.9 Å². The van der Waals surface area contributed by atoms with Crippen LogP contribution in [0.3, 0.4) is 0 Å². The maximum Gasteiger partial charge on any atom is 0.129 e. The molecule has 0 amide bonds. The summed E-state index contributed by atoms with van der Waals surface area (Å²) in [4.78, 5) is 7.25. The van der Waals surface area contributed by atoms with E-state index in [4.69, 9.17) is 4.98 Å². The van der Waals surface area contributed by atoms with Gasteiger partial charge < -0.3 is 10.2 Å². The second-order valence-corrected chi connectivity index (χ2v) is 6.10. The van der Waals surface area contributed by atoms with Crippen molar-refractivity contribution in [2.24, 2.45) is 5.92 Å². The van der Waals surface area contributed by atoms with E-state index in [0.717, 1.165) is 31.9 Å². The van der Waals surface area contributed by atoms with Gasteiger partial charge in [-0.15, -0.1) is 0 Å². The molecule has 1 aromatic rings. The predicted octanol–water partition coefficient (Wildman–Crippen LogP) is 3.62. The number of rotatable bonds is 8. The molecule has 0 bridgehead atoms. The molecule has 1 heterocycles. The first kappa shape index (κ1) is 17.0. The minimum atomic E-state index is 0.476. The van der Waals surface area contributed by atoms with Gasteiger partial charge in [0.2, 0.25) is 0 Å². The molecule has 0 radical (unpaired) electrons. The summed E-state index contributed by atoms with van der Waals surface area (Å²) in [5.41, 5.74) is 2.52. The Morgan fingerprint density at radius 2 is 1.85 bits per heavy atom. The molecule has 0 aliphatic carbocycles. The molecule has 0 spiro atoms. The van der Waals surface area contributed by atoms with E-state index in [1.807, 2.05) is 0 Å². The van der Waals surface area contributed by atoms with Gasteiger partial charge >= 0.3 is 0 Å². The van der Waals surface area contributed by atoms with Crippen molar-refractivity contribution in [2.75, 3.05) is 18.0 Å². The second-order valence-electron chi connectivity index (χ2n) is 6.10. The van der Waals surface area contributed by atoms with Crippen molar-refractivity contribution in [3.05, 3.63) is 23.4 Å². The van der Waals surface area contributed by atoms with E-state index >= 15 is 0 Å². The molecule has 3 nitrogen and oxygen atoms in total. The fourth-order valence-electron chi connectivity index (χ4n) is 2.30. The number of aryl methyl sites for hydroxylation is 1. The van der Waals surface area contributed by atoms with Crippen LogP contribution in [0, 0.1) is 5.92 Å². The Bertz CT molecular complexity index is 399. The fraction of sp³-hybridized carbons (Fsp3) is 0.706. The SMILES string of the molecule is CCNCc1cc(CC)nc(N(CC(C)C)C(C)C)c1. The molecule has 0 aromatic carbocycles. The lowest BCUT2D eigenvalue weighted by Crippen LogP contribution is -2.35. The quantitative estimate of drug-likeness (QED) is 0.786. The summed E-state index contributed by atoms with van der Waals surface area (Å²) in [6, 6.07) is 4.94. The van der Waals surface area contributed by atoms with E-state index in [1.165, 1.54) is 11.3 Å². The average Bonchev–Trinajstić information content (AvgIpc) is 2.41. The van der Waals surface area contributed by atoms with Gasteiger partial charge in [0.05, 0.1) is 0 Å². The number of hydrogen-bond donors (Lipinski definition) is 1. The average molecular weight is 277 g/mol. The number of aromatic nitrogens is 1. The smallest absolute Gasteiger partial charge is 0.129 e. The predicted molar refractivity (Wildman–Crippen MR) is 88.3 cm³/mol. The lowest BCUT2D eigenvalue weighted by molar-refractivity contribution is 0.565. The molecule has 20 heavy (non-hydrogen) atoms. The molecule has 0 aliphatic heterocycles. The Kier molecular flexibility index (Phi) is 7.00. The minimum absolute atomic E-state index is 0.476. The highest BCUT2D eigenvalue weighted by Gasteiger charge is 2.15. The summed E-state index contributed by atoms with van der Waals surface area (Å²) in [6.45, 7) is 16.3. The third-order valence-corrected chi connectivity index (χ3v) is 3.35. The lowest BCUT2D eigenvalue weighted by Gasteiger charge is -2.30. The summed E-state index contributed by atoms with van der Waals surface area (Å²) in [7, 11) is 0. The maximum absolute atomic E-state index is 4.83. The van der Waals surface area contributed by atoms with Gasteiger partial charge in [-0.3, -0.25) is 0 Å². The van der Waals surface area contributed by atoms with Gasteiger partial charge in [-0.25, -0.2) is 4.98 Å². The highest BCUT2D eigenvalue weighted by Crippen LogP contribution is 2.19. The van der Waals surface area contributed by atoms with Crippen LogP contribution in [0.2, 0.25) is 0 Å². The van der Waals surface area contributed by atoms with E-state index in [-0.39, 0.29) is 0 Å². The standard InChI is InChI=1S/C17H31N3/c1-7-16-9-15(11-18-8-2)10-17(19-16)20(14(5)6)12-13(3)4/h9-10,13-14,18H,7-8,11-12H2,1-6H3. The van der Waals surface area contributed by atoms with Crippen molar-refractivity contribution in [1.29, 1.82) is 0 Å². The van der Waals surface area contributed by atoms with E-state index in [0.29, 0.717) is 12.0 Å². The van der Waals surface area contributed by atoms with Gasteiger partial charge in [0.25, 0.3) is 0 Å². The molecule has 1 N–H and O–H groups in total. The molecule has 0 aliphatic rings. The van der Waals surface area contributed by atoms with E-state index in [1.54, 1.807) is 0 Å². The van der Waals surface area contributed by atoms with Crippen LogP contribution in [0.1, 0.15) is 52.8 Å². The van der Waals surface area contributed by atoms with Crippen molar-refractivity contribution < 1.29 is 0 Å². The highest BCUT2D eigenvalue weighted by atomic mass is 15.2. The molecule has 0 saturated carbocycles. The zero-order valence-electron chi connectivity index (χ0n) is 14.0. The van der Waals surface area contributed by atoms with Crippen molar-refractivity contribution in [1.82, 2.24) is 10.3 Å². The minimum Gasteiger partial charge on any atom is -0.354 e. The van der Waals surface area contributed by atoms with Crippen LogP contribution in [0.15, 0.2) is 12.1 Å². The van der Waals surface area contributed by atoms with Gasteiger partial charge in [-0.2, -0.15) is 0 Å². The molecular weight excluding hydrogens is 246 g/mol. The molecular formula is C17H31N3. The second kappa shape index (κ2) is 8.25. The van der Waals surface area contributed by atoms with Crippen LogP contribution in [0.5, 0.6) is 0 Å². The molecule has 0 unspecified atom stereocenters. The Labute approximate surface area is 124 Å². The van der Waals surface area contributed by atoms with Crippen molar-refractivity contribution in [2.45, 2.75) is 60.5 Å². The highest BCUT2D eigenvalue weighted by molar-refractivity contribution is 5.43. The van der Waals surface area contributed by atoms with Gasteiger partial charge in [0.1, 0.15) is 5.82 Å². The lowest BCUT2D eigenvalue weighted by atomic mass is 10.1. The Morgan fingerprint density at radius 3 is 2.35 bits per heavy atom. The summed E-state index contributed by atoms with van der Waals surface area (Å²) >= 11 is 0. The first-order valence-electron chi connectivity index (χ1n) is 7.95. The summed E-state index contributed by atoms with van der Waals surface area (Å²) in [5, 5.41) is 3.41.